The van der Waals surface area contributed by atoms with Gasteiger partial charge in [0.25, 0.3) is 0 Å². The van der Waals surface area contributed by atoms with Crippen LogP contribution in [0.2, 0.25) is 0 Å². The molecule has 6 atom stereocenters. The molecule has 0 N–H and O–H groups in total. The van der Waals surface area contributed by atoms with Crippen molar-refractivity contribution < 1.29 is 13.6 Å². The van der Waals surface area contributed by atoms with Gasteiger partial charge in [-0.3, -0.25) is 4.57 Å². The summed E-state index contributed by atoms with van der Waals surface area (Å²) in [6.07, 6.45) is 8.78. The molecule has 0 aromatic rings. The summed E-state index contributed by atoms with van der Waals surface area (Å²) in [7, 11) is -3.18. The van der Waals surface area contributed by atoms with Gasteiger partial charge in [-0.15, -0.1) is 18.3 Å². The third-order valence-corrected chi connectivity index (χ3v) is 10.7. The second-order valence-electron chi connectivity index (χ2n) is 10.3. The number of hydrogen-bond acceptors (Lipinski definition) is 4. The molecule has 0 amide bonds. The lowest BCUT2D eigenvalue weighted by Crippen LogP contribution is -2.36. The molecule has 29 heavy (non-hydrogen) atoms. The zero-order valence-corrected chi connectivity index (χ0v) is 21.4. The number of rotatable bonds is 10. The van der Waals surface area contributed by atoms with E-state index in [2.05, 4.69) is 48.1 Å². The maximum absolute atomic E-state index is 14.1. The summed E-state index contributed by atoms with van der Waals surface area (Å²) in [6, 6.07) is 0. The van der Waals surface area contributed by atoms with Crippen molar-refractivity contribution in [1.29, 1.82) is 0 Å². The molecule has 0 heterocycles. The van der Waals surface area contributed by atoms with Gasteiger partial charge < -0.3 is 9.05 Å². The van der Waals surface area contributed by atoms with Crippen molar-refractivity contribution in [3.05, 3.63) is 12.7 Å². The Morgan fingerprint density at radius 1 is 0.931 bits per heavy atom. The largest absolute Gasteiger partial charge is 0.341 e. The lowest BCUT2D eigenvalue weighted by Gasteiger charge is -2.41. The quantitative estimate of drug-likeness (QED) is 0.194. The number of thioether (sulfide) groups is 1. The monoisotopic (exact) mass is 444 g/mol. The smallest absolute Gasteiger partial charge is 0.304 e. The lowest BCUT2D eigenvalue weighted by molar-refractivity contribution is -0.00220. The third kappa shape index (κ3) is 7.70. The van der Waals surface area contributed by atoms with Crippen LogP contribution in [0.1, 0.15) is 80.1 Å². The van der Waals surface area contributed by atoms with E-state index in [9.17, 15) is 4.57 Å². The first-order valence-corrected chi connectivity index (χ1v) is 14.7. The minimum atomic E-state index is -3.18. The lowest BCUT2D eigenvalue weighted by atomic mass is 9.75. The predicted molar refractivity (Wildman–Crippen MR) is 128 cm³/mol. The maximum atomic E-state index is 14.1. The molecular formula is C24H45O3PS. The Labute approximate surface area is 184 Å². The molecule has 0 spiro atoms. The van der Waals surface area contributed by atoms with E-state index in [4.69, 9.17) is 9.05 Å². The van der Waals surface area contributed by atoms with Gasteiger partial charge >= 0.3 is 7.60 Å². The van der Waals surface area contributed by atoms with Crippen LogP contribution in [-0.2, 0) is 13.6 Å². The normalized spacial score (nSPS) is 33.9. The van der Waals surface area contributed by atoms with Gasteiger partial charge in [0.05, 0.1) is 17.7 Å². The number of hydrogen-bond donors (Lipinski definition) is 0. The van der Waals surface area contributed by atoms with Gasteiger partial charge in [0.1, 0.15) is 0 Å². The van der Waals surface area contributed by atoms with E-state index in [1.807, 2.05) is 6.08 Å². The molecule has 2 fully saturated rings. The summed E-state index contributed by atoms with van der Waals surface area (Å²) >= 11 is 1.63. The molecule has 170 valence electrons. The van der Waals surface area contributed by atoms with Crippen LogP contribution in [-0.4, -0.2) is 23.5 Å². The molecule has 0 saturated heterocycles. The summed E-state index contributed by atoms with van der Waals surface area (Å²) in [5.74, 6) is 4.06. The zero-order chi connectivity index (χ0) is 21.6. The van der Waals surface area contributed by atoms with Crippen molar-refractivity contribution in [2.24, 2.45) is 35.5 Å². The Morgan fingerprint density at radius 2 is 1.38 bits per heavy atom. The van der Waals surface area contributed by atoms with E-state index < -0.39 is 7.60 Å². The van der Waals surface area contributed by atoms with Gasteiger partial charge in [-0.05, 0) is 61.2 Å². The topological polar surface area (TPSA) is 35.5 Å². The predicted octanol–water partition coefficient (Wildman–Crippen LogP) is 8.01. The molecule has 2 rings (SSSR count). The molecule has 5 heteroatoms. The highest BCUT2D eigenvalue weighted by molar-refractivity contribution is 8.04. The van der Waals surface area contributed by atoms with Gasteiger partial charge in [0, 0.05) is 5.75 Å². The highest BCUT2D eigenvalue weighted by Crippen LogP contribution is 2.58. The van der Waals surface area contributed by atoms with Crippen molar-refractivity contribution in [3.63, 3.8) is 0 Å². The van der Waals surface area contributed by atoms with Crippen LogP contribution in [0.3, 0.4) is 0 Å². The van der Waals surface area contributed by atoms with Crippen LogP contribution in [0.25, 0.3) is 0 Å². The van der Waals surface area contributed by atoms with Gasteiger partial charge in [-0.2, -0.15) is 0 Å². The fraction of sp³-hybridized carbons (Fsp3) is 0.917. The van der Waals surface area contributed by atoms with Gasteiger partial charge in [0.2, 0.25) is 0 Å². The Morgan fingerprint density at radius 3 is 1.76 bits per heavy atom. The van der Waals surface area contributed by atoms with Crippen molar-refractivity contribution >= 4 is 19.4 Å². The fourth-order valence-electron chi connectivity index (χ4n) is 5.22. The van der Waals surface area contributed by atoms with E-state index in [1.54, 1.807) is 11.8 Å². The van der Waals surface area contributed by atoms with E-state index in [1.165, 1.54) is 25.7 Å². The molecule has 0 aromatic heterocycles. The molecule has 0 aliphatic heterocycles. The Bertz CT molecular complexity index is 512. The SMILES string of the molecule is C=CCSCP(=O)(O[C@@H]1C[C@H](C)CC[C@H]1C(C)C)O[C@@H]1C[C@H](C)CC[C@H]1C(C)C. The minimum absolute atomic E-state index is 0.0485. The molecular weight excluding hydrogens is 399 g/mol. The summed E-state index contributed by atoms with van der Waals surface area (Å²) in [6.45, 7) is 17.5. The van der Waals surface area contributed by atoms with Crippen LogP contribution in [0.5, 0.6) is 0 Å². The van der Waals surface area contributed by atoms with E-state index in [0.29, 0.717) is 41.0 Å². The van der Waals surface area contributed by atoms with E-state index >= 15 is 0 Å². The first-order valence-electron chi connectivity index (χ1n) is 11.8. The summed E-state index contributed by atoms with van der Waals surface area (Å²) < 4.78 is 27.1. The van der Waals surface area contributed by atoms with Gasteiger partial charge in [-0.25, -0.2) is 0 Å². The van der Waals surface area contributed by atoms with Gasteiger partial charge in [0.15, 0.2) is 0 Å². The molecule has 2 aliphatic rings. The molecule has 0 unspecified atom stereocenters. The summed E-state index contributed by atoms with van der Waals surface area (Å²) in [4.78, 5) is 0. The summed E-state index contributed by atoms with van der Waals surface area (Å²) in [5.41, 5.74) is 0.435. The van der Waals surface area contributed by atoms with Gasteiger partial charge in [-0.1, -0.05) is 60.5 Å². The Balaban J connectivity index is 2.19. The average Bonchev–Trinajstić information content (AvgIpc) is 2.61. The van der Waals surface area contributed by atoms with Crippen molar-refractivity contribution in [1.82, 2.24) is 0 Å². The average molecular weight is 445 g/mol. The molecule has 2 aliphatic carbocycles. The minimum Gasteiger partial charge on any atom is -0.304 e. The van der Waals surface area contributed by atoms with Crippen LogP contribution in [0, 0.1) is 35.5 Å². The van der Waals surface area contributed by atoms with Crippen LogP contribution < -0.4 is 0 Å². The second kappa shape index (κ2) is 11.7. The molecule has 2 saturated carbocycles. The molecule has 0 aromatic carbocycles. The molecule has 3 nitrogen and oxygen atoms in total. The summed E-state index contributed by atoms with van der Waals surface area (Å²) in [5, 5.41) is 0. The first kappa shape index (κ1) is 25.5. The van der Waals surface area contributed by atoms with Crippen LogP contribution in [0.4, 0.5) is 0 Å². The fourth-order valence-corrected chi connectivity index (χ4v) is 8.55. The second-order valence-corrected chi connectivity index (χ2v) is 13.8. The third-order valence-electron chi connectivity index (χ3n) is 7.00. The van der Waals surface area contributed by atoms with E-state index in [0.717, 1.165) is 18.6 Å². The van der Waals surface area contributed by atoms with Crippen LogP contribution >= 0.6 is 19.4 Å². The maximum Gasteiger partial charge on any atom is 0.341 e. The van der Waals surface area contributed by atoms with Crippen LogP contribution in [0.15, 0.2) is 12.7 Å². The molecule has 0 bridgehead atoms. The highest BCUT2D eigenvalue weighted by Gasteiger charge is 2.41. The Kier molecular flexibility index (Phi) is 10.3. The van der Waals surface area contributed by atoms with Crippen molar-refractivity contribution in [3.8, 4) is 0 Å². The molecule has 0 radical (unpaired) electrons. The van der Waals surface area contributed by atoms with Crippen molar-refractivity contribution in [2.45, 2.75) is 92.3 Å². The standard InChI is InChI=1S/C24H45O3PS/c1-8-13-29-16-28(25,26-23-14-19(6)9-11-21(23)17(2)3)27-24-15-20(7)10-12-22(24)18(4)5/h8,17-24H,1,9-16H2,2-7H3/t19-,20-,21+,22+,23-,24-/m1/s1. The highest BCUT2D eigenvalue weighted by atomic mass is 32.2. The zero-order valence-electron chi connectivity index (χ0n) is 19.6. The van der Waals surface area contributed by atoms with Crippen molar-refractivity contribution in [2.75, 3.05) is 11.2 Å². The Hall–Kier alpha value is 0.240. The van der Waals surface area contributed by atoms with E-state index in [-0.39, 0.29) is 12.2 Å². The first-order chi connectivity index (χ1) is 13.6.